The molecule has 2 aliphatic rings. The Morgan fingerprint density at radius 3 is 2.50 bits per heavy atom. The Balaban J connectivity index is 1.49. The molecule has 1 aliphatic heterocycles. The Morgan fingerprint density at radius 2 is 1.88 bits per heavy atom. The molecule has 1 aromatic rings. The summed E-state index contributed by atoms with van der Waals surface area (Å²) in [6.45, 7) is 3.91. The van der Waals surface area contributed by atoms with Crippen LogP contribution in [0.4, 0.5) is 0 Å². The van der Waals surface area contributed by atoms with E-state index in [1.54, 1.807) is 0 Å². The lowest BCUT2D eigenvalue weighted by atomic mass is 9.82. The van der Waals surface area contributed by atoms with Crippen LogP contribution in [0.2, 0.25) is 0 Å². The number of piperidine rings is 1. The van der Waals surface area contributed by atoms with Crippen molar-refractivity contribution in [2.45, 2.75) is 69.9 Å². The molecule has 1 atom stereocenters. The van der Waals surface area contributed by atoms with Gasteiger partial charge in [-0.2, -0.15) is 5.26 Å². The zero-order chi connectivity index (χ0) is 18.4. The molecule has 1 heterocycles. The van der Waals surface area contributed by atoms with E-state index < -0.39 is 5.54 Å². The minimum absolute atomic E-state index is 0.0231. The van der Waals surface area contributed by atoms with E-state index in [1.807, 2.05) is 6.92 Å². The Bertz CT molecular complexity index is 623. The average molecular weight is 354 g/mol. The second-order valence-corrected chi connectivity index (χ2v) is 8.09. The van der Waals surface area contributed by atoms with E-state index in [0.29, 0.717) is 5.92 Å². The highest BCUT2D eigenvalue weighted by Crippen LogP contribution is 2.28. The maximum atomic E-state index is 12.7. The number of nitrogens with zero attached hydrogens (tertiary/aromatic N) is 2. The summed E-state index contributed by atoms with van der Waals surface area (Å²) < 4.78 is 0. The Hall–Kier alpha value is -1.86. The van der Waals surface area contributed by atoms with Gasteiger partial charge >= 0.3 is 0 Å². The van der Waals surface area contributed by atoms with Crippen molar-refractivity contribution < 1.29 is 4.79 Å². The fourth-order valence-corrected chi connectivity index (χ4v) is 4.42. The molecular weight excluding hydrogens is 322 g/mol. The molecule has 3 rings (SSSR count). The van der Waals surface area contributed by atoms with Gasteiger partial charge in [0.05, 0.1) is 12.1 Å². The lowest BCUT2D eigenvalue weighted by Gasteiger charge is -2.38. The van der Waals surface area contributed by atoms with Gasteiger partial charge < -0.3 is 5.32 Å². The molecule has 4 nitrogen and oxygen atoms in total. The number of carbonyl (C=O) groups is 1. The topological polar surface area (TPSA) is 56.1 Å². The molecule has 2 fully saturated rings. The van der Waals surface area contributed by atoms with Crippen LogP contribution in [-0.4, -0.2) is 35.5 Å². The predicted octanol–water partition coefficient (Wildman–Crippen LogP) is 3.67. The van der Waals surface area contributed by atoms with Crippen LogP contribution < -0.4 is 5.32 Å². The first-order valence-corrected chi connectivity index (χ1v) is 10.1. The van der Waals surface area contributed by atoms with Gasteiger partial charge in [0.2, 0.25) is 5.91 Å². The van der Waals surface area contributed by atoms with Crippen LogP contribution in [0, 0.1) is 17.2 Å². The molecule has 1 unspecified atom stereocenters. The van der Waals surface area contributed by atoms with Crippen molar-refractivity contribution >= 4 is 5.91 Å². The van der Waals surface area contributed by atoms with Gasteiger partial charge in [0, 0.05) is 0 Å². The van der Waals surface area contributed by atoms with Crippen LogP contribution in [0.1, 0.15) is 57.4 Å². The van der Waals surface area contributed by atoms with Gasteiger partial charge in [-0.1, -0.05) is 49.6 Å². The monoisotopic (exact) mass is 353 g/mol. The molecule has 1 amide bonds. The zero-order valence-corrected chi connectivity index (χ0v) is 15.9. The SMILES string of the molecule is CC(C(=O)NC1(C#N)CCCCC1)N1CCC(Cc2ccccc2)CC1. The number of hydrogen-bond donors (Lipinski definition) is 1. The van der Waals surface area contributed by atoms with Crippen molar-refractivity contribution in [1.82, 2.24) is 10.2 Å². The molecule has 1 N–H and O–H groups in total. The maximum absolute atomic E-state index is 12.7. The molecule has 1 saturated heterocycles. The smallest absolute Gasteiger partial charge is 0.238 e. The van der Waals surface area contributed by atoms with Gasteiger partial charge in [-0.05, 0) is 63.6 Å². The van der Waals surface area contributed by atoms with Crippen LogP contribution in [-0.2, 0) is 11.2 Å². The highest BCUT2D eigenvalue weighted by Gasteiger charge is 2.36. The zero-order valence-electron chi connectivity index (χ0n) is 15.9. The summed E-state index contributed by atoms with van der Waals surface area (Å²) in [6, 6.07) is 12.9. The van der Waals surface area contributed by atoms with Gasteiger partial charge in [0.1, 0.15) is 5.54 Å². The van der Waals surface area contributed by atoms with E-state index >= 15 is 0 Å². The molecule has 140 valence electrons. The number of carbonyl (C=O) groups excluding carboxylic acids is 1. The standard InChI is InChI=1S/C22H31N3O/c1-18(21(26)24-22(17-23)12-6-3-7-13-22)25-14-10-20(11-15-25)16-19-8-4-2-5-9-19/h2,4-5,8-9,18,20H,3,6-7,10-16H2,1H3,(H,24,26). The predicted molar refractivity (Wildman–Crippen MR) is 103 cm³/mol. The fraction of sp³-hybridized carbons (Fsp3) is 0.636. The van der Waals surface area contributed by atoms with Gasteiger partial charge in [-0.25, -0.2) is 0 Å². The summed E-state index contributed by atoms with van der Waals surface area (Å²) in [5, 5.41) is 12.7. The second-order valence-electron chi connectivity index (χ2n) is 8.09. The summed E-state index contributed by atoms with van der Waals surface area (Å²) >= 11 is 0. The van der Waals surface area contributed by atoms with Crippen molar-refractivity contribution in [3.63, 3.8) is 0 Å². The van der Waals surface area contributed by atoms with Crippen molar-refractivity contribution in [2.75, 3.05) is 13.1 Å². The second kappa shape index (κ2) is 8.68. The summed E-state index contributed by atoms with van der Waals surface area (Å²) in [5.41, 5.74) is 0.778. The van der Waals surface area contributed by atoms with Crippen LogP contribution >= 0.6 is 0 Å². The van der Waals surface area contributed by atoms with E-state index in [1.165, 1.54) is 12.0 Å². The van der Waals surface area contributed by atoms with Crippen LogP contribution in [0.15, 0.2) is 30.3 Å². The quantitative estimate of drug-likeness (QED) is 0.879. The minimum atomic E-state index is -0.630. The summed E-state index contributed by atoms with van der Waals surface area (Å²) in [4.78, 5) is 15.0. The van der Waals surface area contributed by atoms with Gasteiger partial charge in [0.25, 0.3) is 0 Å². The number of nitriles is 1. The highest BCUT2D eigenvalue weighted by molar-refractivity contribution is 5.82. The molecule has 1 aliphatic carbocycles. The van der Waals surface area contributed by atoms with E-state index in [9.17, 15) is 10.1 Å². The number of rotatable bonds is 5. The van der Waals surface area contributed by atoms with E-state index in [2.05, 4.69) is 46.6 Å². The Kier molecular flexibility index (Phi) is 6.32. The number of nitrogens with one attached hydrogen (secondary N) is 1. The first-order valence-electron chi connectivity index (χ1n) is 10.1. The molecule has 1 aromatic carbocycles. The summed E-state index contributed by atoms with van der Waals surface area (Å²) in [7, 11) is 0. The largest absolute Gasteiger partial charge is 0.336 e. The van der Waals surface area contributed by atoms with Gasteiger partial charge in [0.15, 0.2) is 0 Å². The minimum Gasteiger partial charge on any atom is -0.336 e. The maximum Gasteiger partial charge on any atom is 0.238 e. The highest BCUT2D eigenvalue weighted by atomic mass is 16.2. The number of benzene rings is 1. The number of amides is 1. The fourth-order valence-electron chi connectivity index (χ4n) is 4.42. The normalized spacial score (nSPS) is 22.3. The number of likely N-dealkylation sites (tertiary alicyclic amines) is 1. The molecule has 26 heavy (non-hydrogen) atoms. The van der Waals surface area contributed by atoms with Crippen LogP contribution in [0.3, 0.4) is 0 Å². The molecule has 0 radical (unpaired) electrons. The molecule has 0 aromatic heterocycles. The molecule has 4 heteroatoms. The molecule has 0 spiro atoms. The lowest BCUT2D eigenvalue weighted by molar-refractivity contribution is -0.128. The van der Waals surface area contributed by atoms with Crippen molar-refractivity contribution in [3.8, 4) is 6.07 Å². The average Bonchev–Trinajstić information content (AvgIpc) is 2.69. The molecule has 0 bridgehead atoms. The number of hydrogen-bond acceptors (Lipinski definition) is 3. The first-order chi connectivity index (χ1) is 12.6. The first kappa shape index (κ1) is 18.9. The Labute approximate surface area is 157 Å². The van der Waals surface area contributed by atoms with Crippen LogP contribution in [0.25, 0.3) is 0 Å². The van der Waals surface area contributed by atoms with Crippen molar-refractivity contribution in [1.29, 1.82) is 5.26 Å². The van der Waals surface area contributed by atoms with E-state index in [4.69, 9.17) is 0 Å². The Morgan fingerprint density at radius 1 is 1.23 bits per heavy atom. The van der Waals surface area contributed by atoms with Gasteiger partial charge in [-0.3, -0.25) is 9.69 Å². The third-order valence-electron chi connectivity index (χ3n) is 6.23. The summed E-state index contributed by atoms with van der Waals surface area (Å²) in [6.07, 6.45) is 8.23. The molecular formula is C22H31N3O. The van der Waals surface area contributed by atoms with Crippen LogP contribution in [0.5, 0.6) is 0 Å². The molecule has 1 saturated carbocycles. The third kappa shape index (κ3) is 4.65. The van der Waals surface area contributed by atoms with Crippen molar-refractivity contribution in [2.24, 2.45) is 5.92 Å². The van der Waals surface area contributed by atoms with E-state index in [0.717, 1.165) is 58.0 Å². The van der Waals surface area contributed by atoms with Crippen molar-refractivity contribution in [3.05, 3.63) is 35.9 Å². The lowest BCUT2D eigenvalue weighted by Crippen LogP contribution is -2.56. The third-order valence-corrected chi connectivity index (χ3v) is 6.23. The van der Waals surface area contributed by atoms with Gasteiger partial charge in [-0.15, -0.1) is 0 Å². The van der Waals surface area contributed by atoms with E-state index in [-0.39, 0.29) is 11.9 Å². The summed E-state index contributed by atoms with van der Waals surface area (Å²) in [5.74, 6) is 0.725.